The van der Waals surface area contributed by atoms with Crippen LogP contribution >= 0.6 is 0 Å². The molecule has 0 saturated carbocycles. The van der Waals surface area contributed by atoms with Crippen LogP contribution in [0.1, 0.15) is 5.56 Å². The lowest BCUT2D eigenvalue weighted by Gasteiger charge is -2.26. The van der Waals surface area contributed by atoms with Crippen molar-refractivity contribution in [3.05, 3.63) is 23.8 Å². The van der Waals surface area contributed by atoms with Gasteiger partial charge in [0.1, 0.15) is 0 Å². The first-order chi connectivity index (χ1) is 10.4. The second kappa shape index (κ2) is 7.19. The zero-order valence-corrected chi connectivity index (χ0v) is 13.7. The fourth-order valence-corrected chi connectivity index (χ4v) is 3.34. The van der Waals surface area contributed by atoms with Gasteiger partial charge in [0.05, 0.1) is 11.4 Å². The number of amides is 1. The predicted molar refractivity (Wildman–Crippen MR) is 85.4 cm³/mol. The molecular formula is C14H22N4O3S. The van der Waals surface area contributed by atoms with Crippen LogP contribution in [0.3, 0.4) is 0 Å². The number of sulfonamides is 1. The molecule has 1 heterocycles. The van der Waals surface area contributed by atoms with Crippen molar-refractivity contribution >= 4 is 21.6 Å². The topological polar surface area (TPSA) is 90.5 Å². The molecule has 1 aromatic carbocycles. The van der Waals surface area contributed by atoms with Crippen molar-refractivity contribution < 1.29 is 13.2 Å². The van der Waals surface area contributed by atoms with Crippen LogP contribution in [-0.4, -0.2) is 59.0 Å². The summed E-state index contributed by atoms with van der Waals surface area (Å²) in [7, 11) is -2.17. The molecule has 1 saturated heterocycles. The third-order valence-corrected chi connectivity index (χ3v) is 5.16. The SMILES string of the molecule is CNS(=O)(=O)c1cc(NC(=O)CN2CCNCC2)ccc1C. The number of aryl methyl sites for hydroxylation is 1. The molecule has 0 spiro atoms. The van der Waals surface area contributed by atoms with Crippen LogP contribution in [0.4, 0.5) is 5.69 Å². The Kier molecular flexibility index (Phi) is 5.52. The van der Waals surface area contributed by atoms with E-state index >= 15 is 0 Å². The number of hydrogen-bond acceptors (Lipinski definition) is 5. The van der Waals surface area contributed by atoms with E-state index in [2.05, 4.69) is 20.3 Å². The quantitative estimate of drug-likeness (QED) is 0.694. The summed E-state index contributed by atoms with van der Waals surface area (Å²) in [6.45, 7) is 5.45. The average molecular weight is 326 g/mol. The Morgan fingerprint density at radius 2 is 2.00 bits per heavy atom. The summed E-state index contributed by atoms with van der Waals surface area (Å²) in [5.74, 6) is -0.140. The van der Waals surface area contributed by atoms with Crippen LogP contribution < -0.4 is 15.4 Å². The molecular weight excluding hydrogens is 304 g/mol. The van der Waals surface area contributed by atoms with Gasteiger partial charge in [-0.25, -0.2) is 13.1 Å². The van der Waals surface area contributed by atoms with Gasteiger partial charge in [0.15, 0.2) is 0 Å². The molecule has 22 heavy (non-hydrogen) atoms. The highest BCUT2D eigenvalue weighted by Gasteiger charge is 2.17. The summed E-state index contributed by atoms with van der Waals surface area (Å²) in [6.07, 6.45) is 0. The Balaban J connectivity index is 2.06. The van der Waals surface area contributed by atoms with E-state index in [0.29, 0.717) is 17.8 Å². The summed E-state index contributed by atoms with van der Waals surface area (Å²) in [5, 5.41) is 5.99. The molecule has 8 heteroatoms. The van der Waals surface area contributed by atoms with Crippen LogP contribution in [-0.2, 0) is 14.8 Å². The minimum atomic E-state index is -3.53. The van der Waals surface area contributed by atoms with E-state index in [-0.39, 0.29) is 10.8 Å². The van der Waals surface area contributed by atoms with Gasteiger partial charge in [0.2, 0.25) is 15.9 Å². The molecule has 0 atom stereocenters. The molecule has 122 valence electrons. The maximum atomic E-state index is 12.1. The number of carbonyl (C=O) groups excluding carboxylic acids is 1. The van der Waals surface area contributed by atoms with Gasteiger partial charge in [-0.2, -0.15) is 0 Å². The van der Waals surface area contributed by atoms with Crippen molar-refractivity contribution in [1.82, 2.24) is 14.9 Å². The van der Waals surface area contributed by atoms with Crippen LogP contribution in [0.2, 0.25) is 0 Å². The second-order valence-corrected chi connectivity index (χ2v) is 7.12. The molecule has 0 unspecified atom stereocenters. The Labute approximate surface area is 131 Å². The zero-order chi connectivity index (χ0) is 16.2. The Morgan fingerprint density at radius 1 is 1.32 bits per heavy atom. The Bertz CT molecular complexity index is 639. The number of piperazine rings is 1. The van der Waals surface area contributed by atoms with Crippen molar-refractivity contribution in [3.8, 4) is 0 Å². The van der Waals surface area contributed by atoms with Crippen molar-refractivity contribution in [2.24, 2.45) is 0 Å². The molecule has 1 aliphatic rings. The maximum Gasteiger partial charge on any atom is 0.240 e. The van der Waals surface area contributed by atoms with E-state index in [9.17, 15) is 13.2 Å². The fourth-order valence-electron chi connectivity index (χ4n) is 2.35. The van der Waals surface area contributed by atoms with Gasteiger partial charge < -0.3 is 10.6 Å². The largest absolute Gasteiger partial charge is 0.325 e. The highest BCUT2D eigenvalue weighted by atomic mass is 32.2. The molecule has 1 fully saturated rings. The molecule has 0 bridgehead atoms. The van der Waals surface area contributed by atoms with Gasteiger partial charge in [-0.3, -0.25) is 9.69 Å². The molecule has 2 rings (SSSR count). The molecule has 1 aromatic rings. The molecule has 1 aliphatic heterocycles. The number of nitrogens with zero attached hydrogens (tertiary/aromatic N) is 1. The van der Waals surface area contributed by atoms with E-state index < -0.39 is 10.0 Å². The number of carbonyl (C=O) groups is 1. The normalized spacial score (nSPS) is 16.5. The van der Waals surface area contributed by atoms with Crippen molar-refractivity contribution in [1.29, 1.82) is 0 Å². The highest BCUT2D eigenvalue weighted by Crippen LogP contribution is 2.19. The van der Waals surface area contributed by atoms with Crippen molar-refractivity contribution in [3.63, 3.8) is 0 Å². The summed E-state index contributed by atoms with van der Waals surface area (Å²) in [5.41, 5.74) is 1.12. The Hall–Kier alpha value is -1.48. The molecule has 0 aliphatic carbocycles. The van der Waals surface area contributed by atoms with E-state index in [1.54, 1.807) is 19.1 Å². The predicted octanol–water partition coefficient (Wildman–Crippen LogP) is -0.253. The molecule has 3 N–H and O–H groups in total. The summed E-state index contributed by atoms with van der Waals surface area (Å²) >= 11 is 0. The standard InChI is InChI=1S/C14H22N4O3S/c1-11-3-4-12(9-13(11)22(20,21)15-2)17-14(19)10-18-7-5-16-6-8-18/h3-4,9,15-16H,5-8,10H2,1-2H3,(H,17,19). The lowest BCUT2D eigenvalue weighted by molar-refractivity contribution is -0.117. The van der Waals surface area contributed by atoms with Gasteiger partial charge in [-0.05, 0) is 31.7 Å². The number of nitrogens with one attached hydrogen (secondary N) is 3. The smallest absolute Gasteiger partial charge is 0.240 e. The van der Waals surface area contributed by atoms with Crippen LogP contribution in [0.15, 0.2) is 23.1 Å². The first kappa shape index (κ1) is 16.9. The molecule has 7 nitrogen and oxygen atoms in total. The van der Waals surface area contributed by atoms with E-state index in [0.717, 1.165) is 26.2 Å². The molecule has 0 radical (unpaired) electrons. The van der Waals surface area contributed by atoms with Crippen LogP contribution in [0, 0.1) is 6.92 Å². The minimum absolute atomic E-state index is 0.140. The highest BCUT2D eigenvalue weighted by molar-refractivity contribution is 7.89. The van der Waals surface area contributed by atoms with E-state index in [4.69, 9.17) is 0 Å². The number of rotatable bonds is 5. The first-order valence-corrected chi connectivity index (χ1v) is 8.68. The lowest BCUT2D eigenvalue weighted by Crippen LogP contribution is -2.46. The summed E-state index contributed by atoms with van der Waals surface area (Å²) in [4.78, 5) is 14.3. The minimum Gasteiger partial charge on any atom is -0.325 e. The van der Waals surface area contributed by atoms with Crippen LogP contribution in [0.25, 0.3) is 0 Å². The van der Waals surface area contributed by atoms with E-state index in [1.807, 2.05) is 0 Å². The van der Waals surface area contributed by atoms with Gasteiger partial charge in [-0.15, -0.1) is 0 Å². The van der Waals surface area contributed by atoms with E-state index in [1.165, 1.54) is 13.1 Å². The zero-order valence-electron chi connectivity index (χ0n) is 12.8. The Morgan fingerprint density at radius 3 is 2.64 bits per heavy atom. The first-order valence-electron chi connectivity index (χ1n) is 7.19. The van der Waals surface area contributed by atoms with Crippen molar-refractivity contribution in [2.45, 2.75) is 11.8 Å². The summed E-state index contributed by atoms with van der Waals surface area (Å²) in [6, 6.07) is 4.88. The average Bonchev–Trinajstić information content (AvgIpc) is 2.50. The third kappa shape index (κ3) is 4.26. The van der Waals surface area contributed by atoms with Gasteiger partial charge in [-0.1, -0.05) is 6.07 Å². The van der Waals surface area contributed by atoms with Gasteiger partial charge in [0.25, 0.3) is 0 Å². The van der Waals surface area contributed by atoms with Gasteiger partial charge in [0, 0.05) is 31.9 Å². The number of anilines is 1. The maximum absolute atomic E-state index is 12.1. The summed E-state index contributed by atoms with van der Waals surface area (Å²) < 4.78 is 26.2. The number of hydrogen-bond donors (Lipinski definition) is 3. The fraction of sp³-hybridized carbons (Fsp3) is 0.500. The van der Waals surface area contributed by atoms with Gasteiger partial charge >= 0.3 is 0 Å². The molecule has 0 aromatic heterocycles. The van der Waals surface area contributed by atoms with Crippen LogP contribution in [0.5, 0.6) is 0 Å². The lowest BCUT2D eigenvalue weighted by atomic mass is 10.2. The third-order valence-electron chi connectivity index (χ3n) is 3.61. The molecule has 1 amide bonds. The second-order valence-electron chi connectivity index (χ2n) is 5.26. The number of benzene rings is 1. The van der Waals surface area contributed by atoms with Crippen molar-refractivity contribution in [2.75, 3.05) is 45.1 Å². The monoisotopic (exact) mass is 326 g/mol.